The molecule has 0 aliphatic carbocycles. The molecule has 1 N–H and O–H groups in total. The van der Waals surface area contributed by atoms with E-state index in [1.807, 2.05) is 13.3 Å². The number of nitrogens with one attached hydrogen (secondary N) is 1. The fraction of sp³-hybridized carbons (Fsp3) is 0.706. The van der Waals surface area contributed by atoms with E-state index in [-0.39, 0.29) is 5.60 Å². The van der Waals surface area contributed by atoms with Crippen LogP contribution in [0.3, 0.4) is 0 Å². The highest BCUT2D eigenvalue weighted by Gasteiger charge is 2.30. The van der Waals surface area contributed by atoms with E-state index in [1.165, 1.54) is 12.1 Å². The normalized spacial score (nSPS) is 24.1. The van der Waals surface area contributed by atoms with Crippen molar-refractivity contribution in [3.05, 3.63) is 24.0 Å². The van der Waals surface area contributed by atoms with E-state index in [0.717, 1.165) is 38.2 Å². The minimum absolute atomic E-state index is 0.0348. The van der Waals surface area contributed by atoms with Crippen molar-refractivity contribution in [1.29, 1.82) is 0 Å². The van der Waals surface area contributed by atoms with Gasteiger partial charge in [0.15, 0.2) is 0 Å². The smallest absolute Gasteiger partial charge is 0.0825 e. The zero-order valence-electron chi connectivity index (χ0n) is 13.9. The van der Waals surface area contributed by atoms with E-state index >= 15 is 0 Å². The molecule has 4 nitrogen and oxygen atoms in total. The van der Waals surface area contributed by atoms with Gasteiger partial charge >= 0.3 is 0 Å². The molecule has 1 aromatic rings. The molecule has 0 amide bonds. The number of ether oxygens (including phenoxy) is 1. The van der Waals surface area contributed by atoms with Gasteiger partial charge in [0, 0.05) is 26.2 Å². The summed E-state index contributed by atoms with van der Waals surface area (Å²) in [5.41, 5.74) is 2.27. The minimum Gasteiger partial charge on any atom is -0.377 e. The van der Waals surface area contributed by atoms with Crippen molar-refractivity contribution in [3.63, 3.8) is 0 Å². The predicted molar refractivity (Wildman–Crippen MR) is 87.8 cm³/mol. The van der Waals surface area contributed by atoms with E-state index in [0.29, 0.717) is 6.04 Å². The average molecular weight is 291 g/mol. The fourth-order valence-corrected chi connectivity index (χ4v) is 2.90. The largest absolute Gasteiger partial charge is 0.377 e. The summed E-state index contributed by atoms with van der Waals surface area (Å²) in [6.07, 6.45) is 5.44. The highest BCUT2D eigenvalue weighted by molar-refractivity contribution is 5.45. The van der Waals surface area contributed by atoms with Crippen molar-refractivity contribution in [2.24, 2.45) is 0 Å². The van der Waals surface area contributed by atoms with Gasteiger partial charge in [0.25, 0.3) is 0 Å². The molecule has 2 rings (SSSR count). The van der Waals surface area contributed by atoms with Crippen LogP contribution in [0.15, 0.2) is 18.3 Å². The van der Waals surface area contributed by atoms with Gasteiger partial charge in [-0.15, -0.1) is 0 Å². The summed E-state index contributed by atoms with van der Waals surface area (Å²) in [5, 5.41) is 3.47. The third-order valence-corrected chi connectivity index (χ3v) is 4.43. The van der Waals surface area contributed by atoms with Gasteiger partial charge in [-0.05, 0) is 51.8 Å². The molecule has 21 heavy (non-hydrogen) atoms. The monoisotopic (exact) mass is 291 g/mol. The van der Waals surface area contributed by atoms with Gasteiger partial charge in [0.1, 0.15) is 0 Å². The maximum atomic E-state index is 5.66. The van der Waals surface area contributed by atoms with Crippen LogP contribution in [-0.4, -0.2) is 37.3 Å². The second-order valence-electron chi connectivity index (χ2n) is 6.30. The molecule has 118 valence electrons. The lowest BCUT2D eigenvalue weighted by Gasteiger charge is -2.40. The predicted octanol–water partition coefficient (Wildman–Crippen LogP) is 3.15. The number of hydrogen-bond donors (Lipinski definition) is 1. The molecule has 2 unspecified atom stereocenters. The van der Waals surface area contributed by atoms with Crippen molar-refractivity contribution >= 4 is 5.69 Å². The van der Waals surface area contributed by atoms with Crippen molar-refractivity contribution in [3.8, 4) is 0 Å². The van der Waals surface area contributed by atoms with Crippen molar-refractivity contribution in [2.75, 3.05) is 31.6 Å². The highest BCUT2D eigenvalue weighted by Crippen LogP contribution is 2.28. The lowest BCUT2D eigenvalue weighted by Crippen LogP contribution is -2.47. The van der Waals surface area contributed by atoms with E-state index < -0.39 is 0 Å². The van der Waals surface area contributed by atoms with Crippen molar-refractivity contribution in [2.45, 2.75) is 51.7 Å². The summed E-state index contributed by atoms with van der Waals surface area (Å²) in [7, 11) is 1.81. The summed E-state index contributed by atoms with van der Waals surface area (Å²) >= 11 is 0. The Morgan fingerprint density at radius 2 is 2.29 bits per heavy atom. The summed E-state index contributed by atoms with van der Waals surface area (Å²) in [6, 6.07) is 4.64. The Kier molecular flexibility index (Phi) is 5.59. The molecule has 1 fully saturated rings. The highest BCUT2D eigenvalue weighted by atomic mass is 16.5. The van der Waals surface area contributed by atoms with Gasteiger partial charge in [0.2, 0.25) is 0 Å². The Morgan fingerprint density at radius 3 is 2.90 bits per heavy atom. The van der Waals surface area contributed by atoms with E-state index in [2.05, 4.69) is 48.1 Å². The molecule has 2 atom stereocenters. The van der Waals surface area contributed by atoms with Gasteiger partial charge in [-0.3, -0.25) is 4.98 Å². The maximum absolute atomic E-state index is 5.66. The third-order valence-electron chi connectivity index (χ3n) is 4.43. The standard InChI is InChI=1S/C17H29N3O/c1-5-10-18-14(2)16-8-7-15(12-19-16)20-11-6-9-17(3,13-20)21-4/h7-8,12,14,18H,5-6,9-11,13H2,1-4H3. The van der Waals surface area contributed by atoms with Gasteiger partial charge in [-0.2, -0.15) is 0 Å². The summed E-state index contributed by atoms with van der Waals surface area (Å²) in [4.78, 5) is 7.02. The molecule has 1 saturated heterocycles. The SMILES string of the molecule is CCCNC(C)c1ccc(N2CCCC(C)(OC)C2)cn1. The summed E-state index contributed by atoms with van der Waals surface area (Å²) < 4.78 is 5.66. The van der Waals surface area contributed by atoms with Gasteiger partial charge < -0.3 is 15.0 Å². The van der Waals surface area contributed by atoms with E-state index in [9.17, 15) is 0 Å². The molecule has 2 heterocycles. The Bertz CT molecular complexity index is 434. The van der Waals surface area contributed by atoms with E-state index in [1.54, 1.807) is 0 Å². The Balaban J connectivity index is 2.01. The number of pyridine rings is 1. The molecule has 0 bridgehead atoms. The topological polar surface area (TPSA) is 37.4 Å². The molecule has 0 aromatic carbocycles. The molecule has 0 radical (unpaired) electrons. The van der Waals surface area contributed by atoms with Crippen LogP contribution in [0.2, 0.25) is 0 Å². The molecule has 1 aliphatic rings. The van der Waals surface area contributed by atoms with Crippen molar-refractivity contribution in [1.82, 2.24) is 10.3 Å². The summed E-state index contributed by atoms with van der Waals surface area (Å²) in [5.74, 6) is 0. The molecular weight excluding hydrogens is 262 g/mol. The number of piperidine rings is 1. The number of methoxy groups -OCH3 is 1. The molecule has 0 saturated carbocycles. The van der Waals surface area contributed by atoms with Gasteiger partial charge in [-0.25, -0.2) is 0 Å². The number of nitrogens with zero attached hydrogens (tertiary/aromatic N) is 2. The summed E-state index contributed by atoms with van der Waals surface area (Å²) in [6.45, 7) is 9.60. The molecule has 0 spiro atoms. The Morgan fingerprint density at radius 1 is 1.48 bits per heavy atom. The number of rotatable bonds is 6. The average Bonchev–Trinajstić information content (AvgIpc) is 2.53. The lowest BCUT2D eigenvalue weighted by atomic mass is 9.94. The molecule has 1 aliphatic heterocycles. The van der Waals surface area contributed by atoms with Gasteiger partial charge in [-0.1, -0.05) is 6.92 Å². The van der Waals surface area contributed by atoms with Crippen LogP contribution < -0.4 is 10.2 Å². The van der Waals surface area contributed by atoms with Crippen LogP contribution in [0, 0.1) is 0 Å². The number of hydrogen-bond acceptors (Lipinski definition) is 4. The first-order valence-electron chi connectivity index (χ1n) is 8.07. The number of aromatic nitrogens is 1. The lowest BCUT2D eigenvalue weighted by molar-refractivity contribution is -0.00466. The molecular formula is C17H29N3O. The molecule has 4 heteroatoms. The van der Waals surface area contributed by atoms with Crippen LogP contribution in [0.5, 0.6) is 0 Å². The quantitative estimate of drug-likeness (QED) is 0.873. The first-order chi connectivity index (χ1) is 10.1. The van der Waals surface area contributed by atoms with Crippen LogP contribution in [0.4, 0.5) is 5.69 Å². The van der Waals surface area contributed by atoms with Crippen LogP contribution in [0.25, 0.3) is 0 Å². The zero-order chi connectivity index (χ0) is 15.3. The minimum atomic E-state index is -0.0348. The van der Waals surface area contributed by atoms with Crippen LogP contribution in [0.1, 0.15) is 51.8 Å². The second kappa shape index (κ2) is 7.23. The Hall–Kier alpha value is -1.13. The first kappa shape index (κ1) is 16.2. The van der Waals surface area contributed by atoms with Crippen LogP contribution in [-0.2, 0) is 4.74 Å². The van der Waals surface area contributed by atoms with Crippen LogP contribution >= 0.6 is 0 Å². The Labute approximate surface area is 128 Å². The fourth-order valence-electron chi connectivity index (χ4n) is 2.90. The van der Waals surface area contributed by atoms with Gasteiger partial charge in [0.05, 0.1) is 23.2 Å². The first-order valence-corrected chi connectivity index (χ1v) is 8.07. The third kappa shape index (κ3) is 4.17. The van der Waals surface area contributed by atoms with E-state index in [4.69, 9.17) is 4.74 Å². The molecule has 1 aromatic heterocycles. The number of anilines is 1. The second-order valence-corrected chi connectivity index (χ2v) is 6.30. The zero-order valence-corrected chi connectivity index (χ0v) is 13.9. The van der Waals surface area contributed by atoms with Crippen molar-refractivity contribution < 1.29 is 4.74 Å². The maximum Gasteiger partial charge on any atom is 0.0825 e.